The van der Waals surface area contributed by atoms with E-state index < -0.39 is 0 Å². The molecule has 1 aliphatic heterocycles. The van der Waals surface area contributed by atoms with Gasteiger partial charge in [-0.3, -0.25) is 4.79 Å². The number of nitrogens with one attached hydrogen (secondary N) is 1. The maximum absolute atomic E-state index is 12.4. The molecule has 3 heterocycles. The van der Waals surface area contributed by atoms with Crippen molar-refractivity contribution in [3.8, 4) is 22.9 Å². The molecule has 4 rings (SSSR count). The fourth-order valence-electron chi connectivity index (χ4n) is 2.48. The van der Waals surface area contributed by atoms with Gasteiger partial charge >= 0.3 is 0 Å². The first-order valence-electron chi connectivity index (χ1n) is 6.64. The molecule has 0 aliphatic carbocycles. The average molecular weight is 335 g/mol. The second kappa shape index (κ2) is 4.72. The third kappa shape index (κ3) is 1.91. The third-order valence-corrected chi connectivity index (χ3v) is 5.17. The molecule has 0 bridgehead atoms. The molecule has 0 fully saturated rings. The minimum atomic E-state index is -0.157. The Labute approximate surface area is 134 Å². The Balaban J connectivity index is 1.97. The van der Waals surface area contributed by atoms with Crippen LogP contribution >= 0.6 is 22.9 Å². The number of H-pyrrole nitrogens is 1. The summed E-state index contributed by atoms with van der Waals surface area (Å²) in [6, 6.07) is 3.41. The van der Waals surface area contributed by atoms with Gasteiger partial charge in [0.1, 0.15) is 10.7 Å². The number of aryl methyl sites for hydroxylation is 2. The average Bonchev–Trinajstić information content (AvgIpc) is 3.02. The Kier molecular flexibility index (Phi) is 2.92. The van der Waals surface area contributed by atoms with Gasteiger partial charge in [-0.05, 0) is 25.5 Å². The number of halogens is 1. The van der Waals surface area contributed by atoms with Gasteiger partial charge < -0.3 is 14.5 Å². The summed E-state index contributed by atoms with van der Waals surface area (Å²) < 4.78 is 10.6. The third-order valence-electron chi connectivity index (χ3n) is 3.76. The number of rotatable bonds is 1. The van der Waals surface area contributed by atoms with Gasteiger partial charge in [0.2, 0.25) is 6.79 Å². The van der Waals surface area contributed by atoms with Crippen LogP contribution in [0.1, 0.15) is 10.4 Å². The van der Waals surface area contributed by atoms with Gasteiger partial charge in [0.25, 0.3) is 5.56 Å². The number of benzene rings is 1. The van der Waals surface area contributed by atoms with E-state index in [4.69, 9.17) is 21.1 Å². The first-order valence-corrected chi connectivity index (χ1v) is 7.83. The van der Waals surface area contributed by atoms with Crippen molar-refractivity contribution in [1.29, 1.82) is 0 Å². The number of ether oxygens (including phenoxy) is 2. The molecule has 0 saturated heterocycles. The summed E-state index contributed by atoms with van der Waals surface area (Å²) in [5, 5.41) is 1.10. The SMILES string of the molecule is Cc1sc2nc(-c3cc4c(cc3Cl)OCO4)[nH]c(=O)c2c1C. The molecule has 0 amide bonds. The van der Waals surface area contributed by atoms with Crippen LogP contribution in [0.5, 0.6) is 11.5 Å². The number of aromatic amines is 1. The molecule has 1 aliphatic rings. The minimum absolute atomic E-state index is 0.157. The molecule has 3 aromatic rings. The zero-order valence-electron chi connectivity index (χ0n) is 11.8. The smallest absolute Gasteiger partial charge is 0.260 e. The summed E-state index contributed by atoms with van der Waals surface area (Å²) in [5.74, 6) is 1.63. The van der Waals surface area contributed by atoms with Gasteiger partial charge in [0.05, 0.1) is 10.4 Å². The molecule has 0 saturated carbocycles. The molecule has 5 nitrogen and oxygen atoms in total. The predicted molar refractivity (Wildman–Crippen MR) is 86.3 cm³/mol. The highest BCUT2D eigenvalue weighted by Gasteiger charge is 2.20. The molecule has 0 spiro atoms. The highest BCUT2D eigenvalue weighted by Crippen LogP contribution is 2.40. The van der Waals surface area contributed by atoms with E-state index in [0.29, 0.717) is 38.1 Å². The van der Waals surface area contributed by atoms with Gasteiger partial charge in [-0.2, -0.15) is 0 Å². The molecule has 7 heteroatoms. The van der Waals surface area contributed by atoms with Crippen LogP contribution in [0.25, 0.3) is 21.6 Å². The van der Waals surface area contributed by atoms with Crippen LogP contribution in [-0.2, 0) is 0 Å². The quantitative estimate of drug-likeness (QED) is 0.737. The minimum Gasteiger partial charge on any atom is -0.454 e. The fraction of sp³-hybridized carbons (Fsp3) is 0.200. The van der Waals surface area contributed by atoms with E-state index in [1.807, 2.05) is 13.8 Å². The number of hydrogen-bond acceptors (Lipinski definition) is 5. The predicted octanol–water partition coefficient (Wildman–Crippen LogP) is 3.65. The van der Waals surface area contributed by atoms with Crippen LogP contribution in [-0.4, -0.2) is 16.8 Å². The molecule has 0 unspecified atom stereocenters. The summed E-state index contributed by atoms with van der Waals surface area (Å²) in [6.45, 7) is 4.08. The van der Waals surface area contributed by atoms with Crippen molar-refractivity contribution < 1.29 is 9.47 Å². The fourth-order valence-corrected chi connectivity index (χ4v) is 3.75. The summed E-state index contributed by atoms with van der Waals surface area (Å²) >= 11 is 7.79. The number of nitrogens with zero attached hydrogens (tertiary/aromatic N) is 1. The molecule has 2 aromatic heterocycles. The molecule has 0 atom stereocenters. The van der Waals surface area contributed by atoms with Crippen molar-refractivity contribution >= 4 is 33.2 Å². The Morgan fingerprint density at radius 2 is 2.00 bits per heavy atom. The van der Waals surface area contributed by atoms with E-state index in [1.54, 1.807) is 12.1 Å². The van der Waals surface area contributed by atoms with Crippen molar-refractivity contribution in [2.24, 2.45) is 0 Å². The lowest BCUT2D eigenvalue weighted by molar-refractivity contribution is 0.174. The van der Waals surface area contributed by atoms with Crippen LogP contribution < -0.4 is 15.0 Å². The van der Waals surface area contributed by atoms with Crippen molar-refractivity contribution in [2.75, 3.05) is 6.79 Å². The Bertz CT molecular complexity index is 977. The Morgan fingerprint density at radius 1 is 1.27 bits per heavy atom. The van der Waals surface area contributed by atoms with Crippen LogP contribution in [0.3, 0.4) is 0 Å². The van der Waals surface area contributed by atoms with Crippen LogP contribution in [0.4, 0.5) is 0 Å². The van der Waals surface area contributed by atoms with Crippen molar-refractivity contribution in [2.45, 2.75) is 13.8 Å². The lowest BCUT2D eigenvalue weighted by atomic mass is 10.1. The molecular weight excluding hydrogens is 324 g/mol. The van der Waals surface area contributed by atoms with E-state index in [2.05, 4.69) is 9.97 Å². The Morgan fingerprint density at radius 3 is 2.77 bits per heavy atom. The first kappa shape index (κ1) is 13.6. The summed E-state index contributed by atoms with van der Waals surface area (Å²) in [7, 11) is 0. The van der Waals surface area contributed by atoms with Gasteiger partial charge in [0, 0.05) is 16.5 Å². The van der Waals surface area contributed by atoms with E-state index >= 15 is 0 Å². The van der Waals surface area contributed by atoms with E-state index in [1.165, 1.54) is 11.3 Å². The van der Waals surface area contributed by atoms with Crippen molar-refractivity contribution in [3.63, 3.8) is 0 Å². The molecule has 1 aromatic carbocycles. The summed E-state index contributed by atoms with van der Waals surface area (Å²) in [6.07, 6.45) is 0. The molecule has 22 heavy (non-hydrogen) atoms. The second-order valence-electron chi connectivity index (χ2n) is 5.06. The lowest BCUT2D eigenvalue weighted by Crippen LogP contribution is -2.09. The molecule has 1 N–H and O–H groups in total. The number of hydrogen-bond donors (Lipinski definition) is 1. The zero-order valence-corrected chi connectivity index (χ0v) is 13.4. The van der Waals surface area contributed by atoms with Gasteiger partial charge in [-0.15, -0.1) is 11.3 Å². The monoisotopic (exact) mass is 334 g/mol. The first-order chi connectivity index (χ1) is 10.5. The summed E-state index contributed by atoms with van der Waals surface area (Å²) in [5.41, 5.74) is 1.43. The maximum atomic E-state index is 12.4. The largest absolute Gasteiger partial charge is 0.454 e. The maximum Gasteiger partial charge on any atom is 0.260 e. The highest BCUT2D eigenvalue weighted by atomic mass is 35.5. The zero-order chi connectivity index (χ0) is 15.4. The van der Waals surface area contributed by atoms with E-state index in [-0.39, 0.29) is 12.4 Å². The standard InChI is InChI=1S/C15H11ClN2O3S/c1-6-7(2)22-15-12(6)14(19)17-13(18-15)8-3-10-11(4-9(8)16)21-5-20-10/h3-4H,5H2,1-2H3,(H,17,18,19). The number of aromatic nitrogens is 2. The topological polar surface area (TPSA) is 64.2 Å². The second-order valence-corrected chi connectivity index (χ2v) is 6.67. The van der Waals surface area contributed by atoms with Crippen molar-refractivity contribution in [1.82, 2.24) is 9.97 Å². The number of fused-ring (bicyclic) bond motifs is 2. The highest BCUT2D eigenvalue weighted by molar-refractivity contribution is 7.18. The molecular formula is C15H11ClN2O3S. The van der Waals surface area contributed by atoms with Crippen LogP contribution in [0, 0.1) is 13.8 Å². The van der Waals surface area contributed by atoms with Crippen LogP contribution in [0.2, 0.25) is 5.02 Å². The number of thiophene rings is 1. The normalized spacial score (nSPS) is 13.0. The van der Waals surface area contributed by atoms with E-state index in [0.717, 1.165) is 10.4 Å². The van der Waals surface area contributed by atoms with Gasteiger partial charge in [-0.25, -0.2) is 4.98 Å². The van der Waals surface area contributed by atoms with Gasteiger partial charge in [-0.1, -0.05) is 11.6 Å². The molecule has 112 valence electrons. The van der Waals surface area contributed by atoms with Gasteiger partial charge in [0.15, 0.2) is 11.5 Å². The Hall–Kier alpha value is -2.05. The lowest BCUT2D eigenvalue weighted by Gasteiger charge is -2.05. The van der Waals surface area contributed by atoms with Crippen LogP contribution in [0.15, 0.2) is 16.9 Å². The van der Waals surface area contributed by atoms with Crippen molar-refractivity contribution in [3.05, 3.63) is 37.9 Å². The molecule has 0 radical (unpaired) electrons. The summed E-state index contributed by atoms with van der Waals surface area (Å²) in [4.78, 5) is 21.5. The van der Waals surface area contributed by atoms with E-state index in [9.17, 15) is 4.79 Å².